The van der Waals surface area contributed by atoms with Gasteiger partial charge in [-0.25, -0.2) is 0 Å². The van der Waals surface area contributed by atoms with E-state index in [2.05, 4.69) is 4.90 Å². The number of nitrogens with zero attached hydrogens (tertiary/aromatic N) is 1. The first-order valence-electron chi connectivity index (χ1n) is 13.9. The Hall–Kier alpha value is -2.79. The van der Waals surface area contributed by atoms with Crippen LogP contribution in [0, 0.1) is 5.92 Å². The fraction of sp³-hybridized carbons (Fsp3) is 0.500. The number of aliphatic hydroxyl groups is 1. The van der Waals surface area contributed by atoms with Gasteiger partial charge in [0.2, 0.25) is 0 Å². The maximum Gasteiger partial charge on any atom is 0.315 e. The predicted molar refractivity (Wildman–Crippen MR) is 150 cm³/mol. The Balaban J connectivity index is 1.19. The zero-order chi connectivity index (χ0) is 27.8. The number of carboxylic acids is 1. The van der Waals surface area contributed by atoms with Gasteiger partial charge in [0.05, 0.1) is 18.4 Å². The molecule has 1 saturated heterocycles. The summed E-state index contributed by atoms with van der Waals surface area (Å²) in [6.07, 6.45) is 4.41. The average Bonchev–Trinajstić information content (AvgIpc) is 3.50. The van der Waals surface area contributed by atoms with Crippen LogP contribution in [0.2, 0.25) is 0 Å². The van der Waals surface area contributed by atoms with Gasteiger partial charge in [-0.15, -0.1) is 22.7 Å². The number of hydrogen-bond acceptors (Lipinski definition) is 9. The summed E-state index contributed by atoms with van der Waals surface area (Å²) in [4.78, 5) is 39.5. The molecule has 3 N–H and O–H groups in total. The standard InChI is InChI=1S/C30H31NO7S2/c32-20-5-6-30(37)22-9-17-3-4-21(26(36)25(17)29(30,12-20)7-8-31(22)13-16-1-2-16)38-24(35)11-19-15-40-27-18(10-23(33)34)14-39-28(19)27/h3-4,14-16,22,36-37H,1-2,5-13H2,(H,33,34)/t22?,29-,30?/m0/s1. The van der Waals surface area contributed by atoms with E-state index >= 15 is 0 Å². The van der Waals surface area contributed by atoms with Crippen LogP contribution in [0.1, 0.15) is 60.8 Å². The van der Waals surface area contributed by atoms with Crippen molar-refractivity contribution in [3.8, 4) is 11.5 Å². The van der Waals surface area contributed by atoms with E-state index in [9.17, 15) is 24.6 Å². The molecule has 1 aromatic carbocycles. The lowest BCUT2D eigenvalue weighted by atomic mass is 9.49. The van der Waals surface area contributed by atoms with E-state index in [1.807, 2.05) is 16.8 Å². The summed E-state index contributed by atoms with van der Waals surface area (Å²) in [6.45, 7) is 1.73. The van der Waals surface area contributed by atoms with Gasteiger partial charge in [0.1, 0.15) is 5.78 Å². The second kappa shape index (κ2) is 9.37. The molecule has 3 aliphatic carbocycles. The van der Waals surface area contributed by atoms with Gasteiger partial charge < -0.3 is 20.1 Å². The van der Waals surface area contributed by atoms with Gasteiger partial charge in [-0.2, -0.15) is 0 Å². The second-order valence-electron chi connectivity index (χ2n) is 12.0. The molecule has 7 rings (SSSR count). The molecule has 3 atom stereocenters. The maximum atomic E-state index is 13.1. The molecule has 0 amide bonds. The van der Waals surface area contributed by atoms with Crippen LogP contribution >= 0.6 is 22.7 Å². The van der Waals surface area contributed by atoms with Crippen LogP contribution in [0.5, 0.6) is 11.5 Å². The van der Waals surface area contributed by atoms with Crippen molar-refractivity contribution in [3.05, 3.63) is 45.1 Å². The number of phenols is 1. The average molecular weight is 582 g/mol. The smallest absolute Gasteiger partial charge is 0.315 e. The number of phenolic OH excluding ortho intramolecular Hbond substituents is 1. The normalized spacial score (nSPS) is 27.8. The number of ketones is 1. The Morgan fingerprint density at radius 3 is 2.50 bits per heavy atom. The van der Waals surface area contributed by atoms with Gasteiger partial charge in [0, 0.05) is 45.8 Å². The van der Waals surface area contributed by atoms with Crippen molar-refractivity contribution in [2.45, 2.75) is 74.8 Å². The second-order valence-corrected chi connectivity index (χ2v) is 13.7. The Labute approximate surface area is 239 Å². The third-order valence-corrected chi connectivity index (χ3v) is 11.9. The highest BCUT2D eigenvalue weighted by Gasteiger charge is 2.65. The maximum absolute atomic E-state index is 13.1. The molecule has 10 heteroatoms. The first-order chi connectivity index (χ1) is 19.2. The fourth-order valence-electron chi connectivity index (χ4n) is 7.56. The number of carboxylic acid groups (broad SMARTS) is 1. The molecule has 4 aliphatic rings. The zero-order valence-electron chi connectivity index (χ0n) is 22.0. The molecule has 2 saturated carbocycles. The number of ether oxygens (including phenoxy) is 1. The first kappa shape index (κ1) is 26.1. The van der Waals surface area contributed by atoms with Crippen LogP contribution in [0.25, 0.3) is 9.40 Å². The quantitative estimate of drug-likeness (QED) is 0.280. The van der Waals surface area contributed by atoms with E-state index in [4.69, 9.17) is 9.84 Å². The highest BCUT2D eigenvalue weighted by atomic mass is 32.1. The number of aromatic hydroxyl groups is 1. The SMILES string of the molecule is O=C(O)Cc1csc2c(CC(=O)Oc3ccc4c(c3O)[C@@]35CCN(CC6CC6)C(C4)C3(O)CCC(=O)C5)csc12. The number of carbonyl (C=O) groups excluding carboxylic acids is 2. The largest absolute Gasteiger partial charge is 0.504 e. The third-order valence-electron chi connectivity index (χ3n) is 9.57. The summed E-state index contributed by atoms with van der Waals surface area (Å²) >= 11 is 2.83. The molecular formula is C30H31NO7S2. The minimum absolute atomic E-state index is 0.0185. The molecule has 0 radical (unpaired) electrons. The Bertz CT molecular complexity index is 1550. The Morgan fingerprint density at radius 2 is 1.80 bits per heavy atom. The van der Waals surface area contributed by atoms with Crippen molar-refractivity contribution in [3.63, 3.8) is 0 Å². The summed E-state index contributed by atoms with van der Waals surface area (Å²) in [6, 6.07) is 3.40. The van der Waals surface area contributed by atoms with E-state index in [0.29, 0.717) is 37.2 Å². The summed E-state index contributed by atoms with van der Waals surface area (Å²) in [5.74, 6) is -0.773. The molecule has 2 bridgehead atoms. The van der Waals surface area contributed by atoms with Crippen LogP contribution in [0.15, 0.2) is 22.9 Å². The van der Waals surface area contributed by atoms with Crippen molar-refractivity contribution < 1.29 is 34.4 Å². The number of rotatable bonds is 7. The number of carbonyl (C=O) groups is 3. The lowest BCUT2D eigenvalue weighted by molar-refractivity contribution is -0.173. The number of Topliss-reactive ketones (excluding diaryl/α,β-unsaturated/α-hetero) is 1. The van der Waals surface area contributed by atoms with Gasteiger partial charge in [0.25, 0.3) is 0 Å². The van der Waals surface area contributed by atoms with Crippen LogP contribution in [0.4, 0.5) is 0 Å². The number of piperidine rings is 1. The lowest BCUT2D eigenvalue weighted by Gasteiger charge is -2.63. The summed E-state index contributed by atoms with van der Waals surface area (Å²) in [5, 5.41) is 36.7. The highest BCUT2D eigenvalue weighted by molar-refractivity contribution is 7.26. The van der Waals surface area contributed by atoms with Gasteiger partial charge in [0.15, 0.2) is 11.5 Å². The number of aliphatic carboxylic acids is 1. The van der Waals surface area contributed by atoms with Crippen molar-refractivity contribution in [2.75, 3.05) is 13.1 Å². The first-order valence-corrected chi connectivity index (χ1v) is 15.7. The molecule has 3 aromatic rings. The lowest BCUT2D eigenvalue weighted by Crippen LogP contribution is -2.73. The molecule has 2 unspecified atom stereocenters. The van der Waals surface area contributed by atoms with Gasteiger partial charge in [-0.05, 0) is 78.1 Å². The van der Waals surface area contributed by atoms with Gasteiger partial charge in [-0.3, -0.25) is 19.3 Å². The van der Waals surface area contributed by atoms with Crippen molar-refractivity contribution >= 4 is 49.8 Å². The summed E-state index contributed by atoms with van der Waals surface area (Å²) < 4.78 is 7.46. The van der Waals surface area contributed by atoms with E-state index in [1.165, 1.54) is 35.5 Å². The minimum atomic E-state index is -1.13. The fourth-order valence-corrected chi connectivity index (χ4v) is 9.96. The molecule has 3 heterocycles. The molecule has 1 aliphatic heterocycles. The van der Waals surface area contributed by atoms with Crippen LogP contribution in [0.3, 0.4) is 0 Å². The summed E-state index contributed by atoms with van der Waals surface area (Å²) in [5.41, 5.74) is 0.956. The van der Waals surface area contributed by atoms with Gasteiger partial charge in [-0.1, -0.05) is 6.07 Å². The zero-order valence-corrected chi connectivity index (χ0v) is 23.6. The molecule has 40 heavy (non-hydrogen) atoms. The monoisotopic (exact) mass is 581 g/mol. The van der Waals surface area contributed by atoms with Crippen molar-refractivity contribution in [1.82, 2.24) is 4.90 Å². The van der Waals surface area contributed by atoms with Crippen LogP contribution in [-0.2, 0) is 39.1 Å². The van der Waals surface area contributed by atoms with Gasteiger partial charge >= 0.3 is 11.9 Å². The number of thiophene rings is 2. The van der Waals surface area contributed by atoms with Crippen LogP contribution < -0.4 is 4.74 Å². The molecular weight excluding hydrogens is 550 g/mol. The predicted octanol–water partition coefficient (Wildman–Crippen LogP) is 4.21. The number of fused-ring (bicyclic) bond motifs is 2. The van der Waals surface area contributed by atoms with E-state index < -0.39 is 23.0 Å². The molecule has 2 aromatic heterocycles. The highest BCUT2D eigenvalue weighted by Crippen LogP contribution is 2.60. The third kappa shape index (κ3) is 4.02. The Kier molecular flexibility index (Phi) is 6.12. The topological polar surface area (TPSA) is 124 Å². The molecule has 3 fully saturated rings. The minimum Gasteiger partial charge on any atom is -0.504 e. The molecule has 8 nitrogen and oxygen atoms in total. The number of likely N-dealkylation sites (tertiary alicyclic amines) is 1. The molecule has 0 spiro atoms. The molecule has 210 valence electrons. The number of benzene rings is 1. The number of esters is 1. The van der Waals surface area contributed by atoms with E-state index in [-0.39, 0.29) is 42.6 Å². The number of hydrogen-bond donors (Lipinski definition) is 3. The Morgan fingerprint density at radius 1 is 1.07 bits per heavy atom. The van der Waals surface area contributed by atoms with Crippen molar-refractivity contribution in [1.29, 1.82) is 0 Å². The van der Waals surface area contributed by atoms with E-state index in [1.54, 1.807) is 6.07 Å². The summed E-state index contributed by atoms with van der Waals surface area (Å²) in [7, 11) is 0. The van der Waals surface area contributed by atoms with Crippen molar-refractivity contribution in [2.24, 2.45) is 5.92 Å². The van der Waals surface area contributed by atoms with Crippen LogP contribution in [-0.4, -0.2) is 62.7 Å². The van der Waals surface area contributed by atoms with E-state index in [0.717, 1.165) is 39.2 Å².